The molecule has 0 bridgehead atoms. The number of nitrogens with zero attached hydrogens (tertiary/aromatic N) is 8. The van der Waals surface area contributed by atoms with Crippen LogP contribution in [0.25, 0.3) is 43.2 Å². The molecule has 3 aliphatic rings. The summed E-state index contributed by atoms with van der Waals surface area (Å²) >= 11 is 8.51. The molecule has 87 heavy (non-hydrogen) atoms. The predicted molar refractivity (Wildman–Crippen MR) is 330 cm³/mol. The number of benzene rings is 4. The van der Waals surface area contributed by atoms with E-state index in [0.29, 0.717) is 87.1 Å². The van der Waals surface area contributed by atoms with E-state index in [1.807, 2.05) is 93.6 Å². The fraction of sp³-hybridized carbons (Fsp3) is 0.453. The van der Waals surface area contributed by atoms with E-state index >= 15 is 4.39 Å². The molecule has 0 radical (unpaired) electrons. The largest absolute Gasteiger partial charge is 0.508 e. The Morgan fingerprint density at radius 1 is 0.908 bits per heavy atom. The van der Waals surface area contributed by atoms with Crippen molar-refractivity contribution in [2.75, 3.05) is 96.9 Å². The number of aliphatic hydroxyl groups is 1. The van der Waals surface area contributed by atoms with E-state index in [1.54, 1.807) is 34.4 Å². The van der Waals surface area contributed by atoms with Crippen LogP contribution in [-0.4, -0.2) is 179 Å². The Hall–Kier alpha value is -7.31. The number of anilines is 1. The number of piperidine rings is 1. The Morgan fingerprint density at radius 3 is 2.34 bits per heavy atom. The predicted octanol–water partition coefficient (Wildman–Crippen LogP) is 9.14. The van der Waals surface area contributed by atoms with E-state index in [4.69, 9.17) is 44.8 Å². The van der Waals surface area contributed by atoms with Crippen molar-refractivity contribution in [3.8, 4) is 39.2 Å². The van der Waals surface area contributed by atoms with Crippen LogP contribution in [-0.2, 0) is 28.6 Å². The minimum atomic E-state index is -0.861. The highest BCUT2D eigenvalue weighted by Gasteiger charge is 2.44. The molecule has 3 amide bonds. The van der Waals surface area contributed by atoms with Crippen LogP contribution in [0.2, 0.25) is 5.02 Å². The van der Waals surface area contributed by atoms with Gasteiger partial charge in [-0.05, 0) is 96.4 Å². The van der Waals surface area contributed by atoms with Crippen molar-refractivity contribution in [3.63, 3.8) is 0 Å². The SMILES string of the molecule is C=CC(=O)N1CCN(c2nc(O[C@H](C)CN3CCC(OCCOCCOCCOc4cc([C@@H](C(=O)N5C[C@H](O)C[C@H]5C(=O)N[C@@H](C)c5ccc(-c6scnc6C)cc5)C(C)C)on4)CC3)nc3c(F)c(-c4cc(O)cc5ccccc45)c(Cl)cc23)CC1. The fourth-order valence-electron chi connectivity index (χ4n) is 11.7. The maximum atomic E-state index is 17.1. The zero-order valence-corrected chi connectivity index (χ0v) is 51.2. The molecule has 3 fully saturated rings. The van der Waals surface area contributed by atoms with Crippen LogP contribution in [0.15, 0.2) is 95.5 Å². The van der Waals surface area contributed by atoms with Gasteiger partial charge in [-0.15, -0.1) is 11.3 Å². The van der Waals surface area contributed by atoms with Crippen LogP contribution >= 0.6 is 22.9 Å². The smallest absolute Gasteiger partial charge is 0.319 e. The summed E-state index contributed by atoms with van der Waals surface area (Å²) in [5.41, 5.74) is 5.31. The van der Waals surface area contributed by atoms with Gasteiger partial charge >= 0.3 is 6.01 Å². The van der Waals surface area contributed by atoms with Crippen LogP contribution in [0, 0.1) is 18.7 Å². The molecule has 0 saturated carbocycles. The third-order valence-corrected chi connectivity index (χ3v) is 17.5. The molecule has 3 aromatic heterocycles. The molecule has 462 valence electrons. The lowest BCUT2D eigenvalue weighted by atomic mass is 9.91. The molecule has 23 heteroatoms. The van der Waals surface area contributed by atoms with Gasteiger partial charge in [-0.2, -0.15) is 9.97 Å². The van der Waals surface area contributed by atoms with Crippen LogP contribution in [0.4, 0.5) is 10.2 Å². The van der Waals surface area contributed by atoms with Gasteiger partial charge in [-0.1, -0.05) is 80.6 Å². The number of ether oxygens (including phenoxy) is 5. The summed E-state index contributed by atoms with van der Waals surface area (Å²) < 4.78 is 52.7. The standard InChI is InChI=1S/C64H75ClFN9O11S/c1-7-55(78)73-20-22-74(23-21-73)61-50-33-51(65)57(49-31-45(76)30-44-10-8-9-11-48(44)49)58(66)59(50)69-64(70-61)85-39(4)35-72-18-16-47(17-19-72)83-28-26-81-24-25-82-27-29-84-54-34-53(86-71-54)56(38(2)3)63(80)75-36-46(77)32-52(75)62(79)68-40(5)42-12-14-43(15-13-42)60-41(6)67-37-87-60/h7-15,30-31,33-34,37-40,46-47,52,56,76-77H,1,16-29,32,35-36H2,2-6H3,(H,68,79)/t39-,40+,46-,52+,56+/m1/s1. The first-order valence-corrected chi connectivity index (χ1v) is 30.9. The highest BCUT2D eigenvalue weighted by molar-refractivity contribution is 7.13. The Morgan fingerprint density at radius 2 is 1.63 bits per heavy atom. The summed E-state index contributed by atoms with van der Waals surface area (Å²) in [6, 6.07) is 20.6. The van der Waals surface area contributed by atoms with Gasteiger partial charge in [0.1, 0.15) is 41.8 Å². The van der Waals surface area contributed by atoms with Crippen molar-refractivity contribution in [1.82, 2.24) is 40.1 Å². The molecule has 7 aromatic rings. The van der Waals surface area contributed by atoms with E-state index < -0.39 is 23.9 Å². The molecule has 10 rings (SSSR count). The second-order valence-corrected chi connectivity index (χ2v) is 23.9. The van der Waals surface area contributed by atoms with Gasteiger partial charge < -0.3 is 58.4 Å². The number of aromatic hydroxyl groups is 1. The number of amides is 3. The molecule has 0 unspecified atom stereocenters. The first-order chi connectivity index (χ1) is 42.0. The molecular formula is C64H75ClFN9O11S. The number of rotatable bonds is 25. The number of aliphatic hydroxyl groups excluding tert-OH is 1. The van der Waals surface area contributed by atoms with Crippen LogP contribution < -0.4 is 19.7 Å². The third-order valence-electron chi connectivity index (χ3n) is 16.2. The highest BCUT2D eigenvalue weighted by Crippen LogP contribution is 2.43. The van der Waals surface area contributed by atoms with Crippen molar-refractivity contribution in [2.45, 2.75) is 90.2 Å². The summed E-state index contributed by atoms with van der Waals surface area (Å²) in [5, 5.41) is 30.5. The van der Waals surface area contributed by atoms with Gasteiger partial charge in [0.05, 0.1) is 72.4 Å². The lowest BCUT2D eigenvalue weighted by Gasteiger charge is -2.35. The number of thiazole rings is 1. The second-order valence-electron chi connectivity index (χ2n) is 22.7. The third kappa shape index (κ3) is 15.0. The number of phenolic OH excluding ortho intramolecular Hbond substituents is 1. The zero-order chi connectivity index (χ0) is 61.3. The topological polar surface area (TPSA) is 228 Å². The molecule has 0 aliphatic carbocycles. The highest BCUT2D eigenvalue weighted by atomic mass is 35.5. The number of likely N-dealkylation sites (tertiary alicyclic amines) is 2. The molecule has 4 aromatic carbocycles. The normalized spacial score (nSPS) is 17.9. The summed E-state index contributed by atoms with van der Waals surface area (Å²) in [6.45, 7) is 19.1. The number of fused-ring (bicyclic) bond motifs is 2. The number of aryl methyl sites for hydroxylation is 1. The molecule has 5 atom stereocenters. The minimum absolute atomic E-state index is 0.0130. The average Bonchev–Trinajstić information content (AvgIpc) is 1.89. The number of carbonyl (C=O) groups is 3. The Labute approximate surface area is 514 Å². The summed E-state index contributed by atoms with van der Waals surface area (Å²) in [6.07, 6.45) is 1.91. The van der Waals surface area contributed by atoms with E-state index in [2.05, 4.69) is 31.9 Å². The van der Waals surface area contributed by atoms with Gasteiger partial charge in [-0.25, -0.2) is 9.37 Å². The molecule has 3 saturated heterocycles. The number of β-amino-alcohol motifs (C(OH)–C–C–N with tert-alkyl or cyclic N) is 1. The maximum absolute atomic E-state index is 17.1. The number of phenols is 1. The van der Waals surface area contributed by atoms with Gasteiger partial charge in [-0.3, -0.25) is 19.3 Å². The maximum Gasteiger partial charge on any atom is 0.319 e. The van der Waals surface area contributed by atoms with Crippen molar-refractivity contribution >= 4 is 68.2 Å². The number of hydrogen-bond donors (Lipinski definition) is 3. The minimum Gasteiger partial charge on any atom is -0.508 e. The fourth-order valence-corrected chi connectivity index (χ4v) is 12.8. The number of carbonyl (C=O) groups excluding carboxylic acids is 3. The molecule has 6 heterocycles. The van der Waals surface area contributed by atoms with Gasteiger partial charge in [0, 0.05) is 75.8 Å². The van der Waals surface area contributed by atoms with Crippen molar-refractivity contribution in [2.24, 2.45) is 5.92 Å². The first kappa shape index (κ1) is 62.7. The lowest BCUT2D eigenvalue weighted by Crippen LogP contribution is -2.48. The summed E-state index contributed by atoms with van der Waals surface area (Å²) in [4.78, 5) is 62.7. The van der Waals surface area contributed by atoms with Gasteiger partial charge in [0.15, 0.2) is 11.6 Å². The number of aromatic nitrogens is 4. The Balaban J connectivity index is 0.636. The van der Waals surface area contributed by atoms with Crippen molar-refractivity contribution < 1.29 is 57.2 Å². The number of hydrogen-bond acceptors (Lipinski definition) is 18. The zero-order valence-electron chi connectivity index (χ0n) is 49.7. The van der Waals surface area contributed by atoms with E-state index in [-0.39, 0.29) is 102 Å². The number of nitrogens with one attached hydrogen (secondary N) is 1. The van der Waals surface area contributed by atoms with Gasteiger partial charge in [0.2, 0.25) is 17.7 Å². The number of piperazine rings is 1. The monoisotopic (exact) mass is 1230 g/mol. The summed E-state index contributed by atoms with van der Waals surface area (Å²) in [5.74, 6) is -1.57. The molecule has 0 spiro atoms. The van der Waals surface area contributed by atoms with Crippen molar-refractivity contribution in [1.29, 1.82) is 0 Å². The average molecular weight is 1230 g/mol. The second kappa shape index (κ2) is 28.7. The molecular weight excluding hydrogens is 1160 g/mol. The van der Waals surface area contributed by atoms with Gasteiger partial charge in [0.25, 0.3) is 5.88 Å². The Bertz CT molecular complexity index is 3540. The van der Waals surface area contributed by atoms with Crippen molar-refractivity contribution in [3.05, 3.63) is 119 Å². The van der Waals surface area contributed by atoms with Crippen LogP contribution in [0.5, 0.6) is 17.6 Å². The quantitative estimate of drug-likeness (QED) is 0.0358. The lowest BCUT2D eigenvalue weighted by molar-refractivity contribution is -0.141. The molecule has 3 N–H and O–H groups in total. The number of halogens is 2. The van der Waals surface area contributed by atoms with Crippen LogP contribution in [0.1, 0.15) is 75.9 Å². The van der Waals surface area contributed by atoms with E-state index in [9.17, 15) is 24.6 Å². The Kier molecular flexibility index (Phi) is 20.7. The first-order valence-electron chi connectivity index (χ1n) is 29.7. The molecule has 3 aliphatic heterocycles. The molecule has 20 nitrogen and oxygen atoms in total. The summed E-state index contributed by atoms with van der Waals surface area (Å²) in [7, 11) is 0. The van der Waals surface area contributed by atoms with E-state index in [1.165, 1.54) is 17.0 Å². The van der Waals surface area contributed by atoms with Crippen LogP contribution in [0.3, 0.4) is 0 Å². The van der Waals surface area contributed by atoms with E-state index in [0.717, 1.165) is 53.0 Å².